The van der Waals surface area contributed by atoms with Crippen molar-refractivity contribution in [3.05, 3.63) is 60.5 Å². The van der Waals surface area contributed by atoms with Gasteiger partial charge in [0.2, 0.25) is 5.89 Å². The Morgan fingerprint density at radius 2 is 1.72 bits per heavy atom. The second-order valence-electron chi connectivity index (χ2n) is 4.00. The van der Waals surface area contributed by atoms with Crippen molar-refractivity contribution in [2.45, 2.75) is 6.92 Å². The van der Waals surface area contributed by atoms with Crippen LogP contribution in [0.1, 0.15) is 5.76 Å². The van der Waals surface area contributed by atoms with Crippen LogP contribution in [0.3, 0.4) is 0 Å². The number of nitrogens with zero attached hydrogens (tertiary/aromatic N) is 2. The summed E-state index contributed by atoms with van der Waals surface area (Å²) in [5.41, 5.74) is 2.61. The van der Waals surface area contributed by atoms with Crippen LogP contribution < -0.4 is 0 Å². The van der Waals surface area contributed by atoms with E-state index in [0.29, 0.717) is 5.89 Å². The molecule has 3 aromatic rings. The predicted octanol–water partition coefficient (Wildman–Crippen LogP) is 3.71. The smallest absolute Gasteiger partial charge is 0.226 e. The van der Waals surface area contributed by atoms with Crippen molar-refractivity contribution >= 4 is 0 Å². The standard InChI is InChI=1S/C15H12N2O/c1-11-14(13-9-5-6-10-16-13)17-15(18-11)12-7-3-2-4-8-12/h2-10H,1H3. The van der Waals surface area contributed by atoms with Crippen molar-refractivity contribution in [1.82, 2.24) is 9.97 Å². The van der Waals surface area contributed by atoms with E-state index in [1.165, 1.54) is 0 Å². The van der Waals surface area contributed by atoms with Gasteiger partial charge in [-0.3, -0.25) is 4.98 Å². The summed E-state index contributed by atoms with van der Waals surface area (Å²) < 4.78 is 5.70. The quantitative estimate of drug-likeness (QED) is 0.680. The second-order valence-corrected chi connectivity index (χ2v) is 4.00. The average molecular weight is 236 g/mol. The summed E-state index contributed by atoms with van der Waals surface area (Å²) in [4.78, 5) is 8.82. The van der Waals surface area contributed by atoms with Crippen molar-refractivity contribution in [2.75, 3.05) is 0 Å². The lowest BCUT2D eigenvalue weighted by Gasteiger charge is -1.94. The minimum atomic E-state index is 0.633. The first kappa shape index (κ1) is 10.7. The molecule has 2 aromatic heterocycles. The van der Waals surface area contributed by atoms with Gasteiger partial charge < -0.3 is 4.42 Å². The number of aromatic nitrogens is 2. The molecule has 0 atom stereocenters. The summed E-state index contributed by atoms with van der Waals surface area (Å²) in [6.07, 6.45) is 1.76. The molecule has 0 radical (unpaired) electrons. The van der Waals surface area contributed by atoms with E-state index in [-0.39, 0.29) is 0 Å². The van der Waals surface area contributed by atoms with E-state index >= 15 is 0 Å². The minimum Gasteiger partial charge on any atom is -0.441 e. The Balaban J connectivity index is 2.07. The van der Waals surface area contributed by atoms with Gasteiger partial charge in [0.25, 0.3) is 0 Å². The van der Waals surface area contributed by atoms with E-state index in [2.05, 4.69) is 9.97 Å². The van der Waals surface area contributed by atoms with Gasteiger partial charge in [-0.1, -0.05) is 24.3 Å². The first-order valence-corrected chi connectivity index (χ1v) is 5.79. The molecule has 3 nitrogen and oxygen atoms in total. The number of hydrogen-bond acceptors (Lipinski definition) is 3. The van der Waals surface area contributed by atoms with E-state index in [1.807, 2.05) is 55.5 Å². The molecule has 0 spiro atoms. The zero-order valence-corrected chi connectivity index (χ0v) is 10.00. The number of benzene rings is 1. The third kappa shape index (κ3) is 1.91. The van der Waals surface area contributed by atoms with Crippen molar-refractivity contribution in [3.63, 3.8) is 0 Å². The lowest BCUT2D eigenvalue weighted by Crippen LogP contribution is -1.84. The van der Waals surface area contributed by atoms with E-state index in [9.17, 15) is 0 Å². The molecule has 0 bridgehead atoms. The largest absolute Gasteiger partial charge is 0.441 e. The highest BCUT2D eigenvalue weighted by atomic mass is 16.4. The molecule has 88 valence electrons. The van der Waals surface area contributed by atoms with Crippen LogP contribution in [-0.4, -0.2) is 9.97 Å². The fourth-order valence-electron chi connectivity index (χ4n) is 1.84. The van der Waals surface area contributed by atoms with Crippen LogP contribution in [0.25, 0.3) is 22.8 Å². The molecule has 0 amide bonds. The first-order chi connectivity index (χ1) is 8.84. The lowest BCUT2D eigenvalue weighted by molar-refractivity contribution is 0.543. The van der Waals surface area contributed by atoms with E-state index in [0.717, 1.165) is 22.7 Å². The maximum absolute atomic E-state index is 5.70. The van der Waals surface area contributed by atoms with E-state index in [1.54, 1.807) is 6.20 Å². The summed E-state index contributed by atoms with van der Waals surface area (Å²) in [7, 11) is 0. The highest BCUT2D eigenvalue weighted by molar-refractivity contribution is 5.62. The normalized spacial score (nSPS) is 10.5. The van der Waals surface area contributed by atoms with Crippen LogP contribution in [0.2, 0.25) is 0 Å². The van der Waals surface area contributed by atoms with Gasteiger partial charge >= 0.3 is 0 Å². The molecule has 0 N–H and O–H groups in total. The van der Waals surface area contributed by atoms with Crippen LogP contribution in [0.15, 0.2) is 59.1 Å². The molecular formula is C15H12N2O. The Morgan fingerprint density at radius 3 is 2.44 bits per heavy atom. The third-order valence-electron chi connectivity index (χ3n) is 2.72. The summed E-state index contributed by atoms with van der Waals surface area (Å²) in [5.74, 6) is 1.42. The molecule has 0 saturated carbocycles. The van der Waals surface area contributed by atoms with Crippen LogP contribution in [0, 0.1) is 6.92 Å². The van der Waals surface area contributed by atoms with Crippen LogP contribution >= 0.6 is 0 Å². The zero-order chi connectivity index (χ0) is 12.4. The topological polar surface area (TPSA) is 38.9 Å². The van der Waals surface area contributed by atoms with Gasteiger partial charge in [0.05, 0.1) is 5.69 Å². The van der Waals surface area contributed by atoms with Gasteiger partial charge in [0.1, 0.15) is 11.5 Å². The van der Waals surface area contributed by atoms with Gasteiger partial charge in [-0.15, -0.1) is 0 Å². The molecular weight excluding hydrogens is 224 g/mol. The SMILES string of the molecule is Cc1oc(-c2ccccc2)nc1-c1ccccn1. The third-order valence-corrected chi connectivity index (χ3v) is 2.72. The number of hydrogen-bond donors (Lipinski definition) is 0. The maximum Gasteiger partial charge on any atom is 0.226 e. The van der Waals surface area contributed by atoms with E-state index < -0.39 is 0 Å². The van der Waals surface area contributed by atoms with Crippen LogP contribution in [0.4, 0.5) is 0 Å². The molecule has 3 heteroatoms. The Labute approximate surface area is 105 Å². The summed E-state index contributed by atoms with van der Waals surface area (Å²) >= 11 is 0. The minimum absolute atomic E-state index is 0.633. The number of aryl methyl sites for hydroxylation is 1. The summed E-state index contributed by atoms with van der Waals surface area (Å²) in [6.45, 7) is 1.91. The summed E-state index contributed by atoms with van der Waals surface area (Å²) in [5, 5.41) is 0. The highest BCUT2D eigenvalue weighted by Crippen LogP contribution is 2.26. The lowest BCUT2D eigenvalue weighted by atomic mass is 10.2. The monoisotopic (exact) mass is 236 g/mol. The molecule has 18 heavy (non-hydrogen) atoms. The molecule has 0 aliphatic heterocycles. The Kier molecular flexibility index (Phi) is 2.65. The molecule has 2 heterocycles. The molecule has 0 saturated heterocycles. The zero-order valence-electron chi connectivity index (χ0n) is 10.00. The van der Waals surface area contributed by atoms with Crippen molar-refractivity contribution in [1.29, 1.82) is 0 Å². The molecule has 0 aliphatic rings. The molecule has 1 aromatic carbocycles. The number of rotatable bonds is 2. The molecule has 0 aliphatic carbocycles. The number of oxazole rings is 1. The van der Waals surface area contributed by atoms with Gasteiger partial charge in [-0.25, -0.2) is 4.98 Å². The molecule has 3 rings (SSSR count). The van der Waals surface area contributed by atoms with Crippen LogP contribution in [-0.2, 0) is 0 Å². The molecule has 0 fully saturated rings. The predicted molar refractivity (Wildman–Crippen MR) is 69.9 cm³/mol. The van der Waals surface area contributed by atoms with Gasteiger partial charge in [0, 0.05) is 11.8 Å². The first-order valence-electron chi connectivity index (χ1n) is 5.79. The second kappa shape index (κ2) is 4.45. The Hall–Kier alpha value is -2.42. The van der Waals surface area contributed by atoms with E-state index in [4.69, 9.17) is 4.42 Å². The summed E-state index contributed by atoms with van der Waals surface area (Å²) in [6, 6.07) is 15.6. The fraction of sp³-hybridized carbons (Fsp3) is 0.0667. The Bertz CT molecular complexity index is 645. The van der Waals surface area contributed by atoms with Gasteiger partial charge in [-0.05, 0) is 31.2 Å². The van der Waals surface area contributed by atoms with Crippen molar-refractivity contribution in [3.8, 4) is 22.8 Å². The Morgan fingerprint density at radius 1 is 0.944 bits per heavy atom. The highest BCUT2D eigenvalue weighted by Gasteiger charge is 2.13. The average Bonchev–Trinajstić information content (AvgIpc) is 2.83. The maximum atomic E-state index is 5.70. The number of pyridine rings is 1. The van der Waals surface area contributed by atoms with Gasteiger partial charge in [0.15, 0.2) is 0 Å². The molecule has 0 unspecified atom stereocenters. The fourth-order valence-corrected chi connectivity index (χ4v) is 1.84. The van der Waals surface area contributed by atoms with Gasteiger partial charge in [-0.2, -0.15) is 0 Å². The van der Waals surface area contributed by atoms with Crippen LogP contribution in [0.5, 0.6) is 0 Å². The van der Waals surface area contributed by atoms with Crippen molar-refractivity contribution in [2.24, 2.45) is 0 Å². The van der Waals surface area contributed by atoms with Crippen molar-refractivity contribution < 1.29 is 4.42 Å².